The second-order valence-corrected chi connectivity index (χ2v) is 6.67. The number of aliphatic carboxylic acids is 1. The zero-order chi connectivity index (χ0) is 16.9. The molecule has 0 aromatic carbocycles. The van der Waals surface area contributed by atoms with Gasteiger partial charge in [-0.05, 0) is 44.1 Å². The number of hydrogen-bond acceptors (Lipinski definition) is 4. The number of nitrogens with zero attached hydrogens (tertiary/aromatic N) is 3. The summed E-state index contributed by atoms with van der Waals surface area (Å²) in [7, 11) is 0. The highest BCUT2D eigenvalue weighted by molar-refractivity contribution is 5.76. The molecule has 24 heavy (non-hydrogen) atoms. The van der Waals surface area contributed by atoms with Crippen LogP contribution < -0.4 is 0 Å². The highest BCUT2D eigenvalue weighted by Gasteiger charge is 2.37. The summed E-state index contributed by atoms with van der Waals surface area (Å²) >= 11 is 0. The van der Waals surface area contributed by atoms with Crippen LogP contribution in [0.4, 0.5) is 0 Å². The van der Waals surface area contributed by atoms with Crippen molar-refractivity contribution >= 4 is 11.9 Å². The zero-order valence-corrected chi connectivity index (χ0v) is 13.8. The third kappa shape index (κ3) is 4.14. The fourth-order valence-corrected chi connectivity index (χ4v) is 3.69. The number of piperidine rings is 1. The average Bonchev–Trinajstić information content (AvgIpc) is 3.26. The van der Waals surface area contributed by atoms with Gasteiger partial charge in [0.1, 0.15) is 0 Å². The van der Waals surface area contributed by atoms with E-state index in [4.69, 9.17) is 9.84 Å². The summed E-state index contributed by atoms with van der Waals surface area (Å²) in [5.74, 6) is -0.277. The molecule has 1 N–H and O–H groups in total. The molecule has 7 nitrogen and oxygen atoms in total. The van der Waals surface area contributed by atoms with Crippen molar-refractivity contribution < 1.29 is 19.4 Å². The Hall–Kier alpha value is -1.89. The van der Waals surface area contributed by atoms with Gasteiger partial charge in [0, 0.05) is 38.4 Å². The number of aromatic nitrogens is 2. The predicted molar refractivity (Wildman–Crippen MR) is 86.3 cm³/mol. The van der Waals surface area contributed by atoms with Gasteiger partial charge in [0.15, 0.2) is 6.10 Å². The lowest BCUT2D eigenvalue weighted by molar-refractivity contribution is -0.151. The number of ether oxygens (including phenoxy) is 1. The maximum Gasteiger partial charge on any atom is 0.332 e. The molecule has 0 unspecified atom stereocenters. The van der Waals surface area contributed by atoms with Crippen molar-refractivity contribution in [1.82, 2.24) is 14.7 Å². The maximum absolute atomic E-state index is 12.3. The Kier molecular flexibility index (Phi) is 5.50. The van der Waals surface area contributed by atoms with Crippen molar-refractivity contribution in [1.29, 1.82) is 0 Å². The molecule has 0 bridgehead atoms. The Bertz CT molecular complexity index is 552. The predicted octanol–water partition coefficient (Wildman–Crippen LogP) is 1.53. The number of likely N-dealkylation sites (tertiary alicyclic amines) is 1. The molecular weight excluding hydrogens is 310 g/mol. The van der Waals surface area contributed by atoms with Crippen molar-refractivity contribution in [3.8, 4) is 0 Å². The van der Waals surface area contributed by atoms with E-state index in [9.17, 15) is 9.59 Å². The molecule has 2 fully saturated rings. The van der Waals surface area contributed by atoms with E-state index in [1.54, 1.807) is 6.20 Å². The number of carboxylic acid groups (broad SMARTS) is 1. The van der Waals surface area contributed by atoms with Crippen molar-refractivity contribution in [3.05, 3.63) is 18.5 Å². The van der Waals surface area contributed by atoms with E-state index < -0.39 is 12.1 Å². The summed E-state index contributed by atoms with van der Waals surface area (Å²) in [6.45, 7) is 2.27. The molecule has 1 aromatic heterocycles. The minimum Gasteiger partial charge on any atom is -0.479 e. The Morgan fingerprint density at radius 1 is 1.21 bits per heavy atom. The monoisotopic (exact) mass is 335 g/mol. The summed E-state index contributed by atoms with van der Waals surface area (Å²) in [6, 6.07) is 1.88. The van der Waals surface area contributed by atoms with Crippen LogP contribution in [0, 0.1) is 5.92 Å². The number of amides is 1. The van der Waals surface area contributed by atoms with Crippen molar-refractivity contribution in [2.75, 3.05) is 13.1 Å². The first-order valence-corrected chi connectivity index (χ1v) is 8.77. The smallest absolute Gasteiger partial charge is 0.332 e. The van der Waals surface area contributed by atoms with E-state index >= 15 is 0 Å². The molecule has 1 amide bonds. The van der Waals surface area contributed by atoms with Crippen LogP contribution in [0.1, 0.15) is 38.5 Å². The van der Waals surface area contributed by atoms with Gasteiger partial charge < -0.3 is 14.7 Å². The third-order valence-electron chi connectivity index (χ3n) is 5.08. The largest absolute Gasteiger partial charge is 0.479 e. The molecule has 0 saturated carbocycles. The first-order valence-electron chi connectivity index (χ1n) is 8.77. The van der Waals surface area contributed by atoms with E-state index in [1.807, 2.05) is 21.8 Å². The normalized spacial score (nSPS) is 25.1. The molecule has 0 radical (unpaired) electrons. The summed E-state index contributed by atoms with van der Waals surface area (Å²) in [5, 5.41) is 13.1. The Labute approximate surface area is 141 Å². The quantitative estimate of drug-likeness (QED) is 0.852. The number of hydrogen-bond donors (Lipinski definition) is 1. The van der Waals surface area contributed by atoms with E-state index in [-0.39, 0.29) is 12.0 Å². The Morgan fingerprint density at radius 3 is 2.62 bits per heavy atom. The summed E-state index contributed by atoms with van der Waals surface area (Å²) in [4.78, 5) is 25.2. The fraction of sp³-hybridized carbons (Fsp3) is 0.706. The molecule has 132 valence electrons. The van der Waals surface area contributed by atoms with Crippen LogP contribution in [0.2, 0.25) is 0 Å². The molecule has 2 aliphatic rings. The van der Waals surface area contributed by atoms with Crippen LogP contribution in [0.15, 0.2) is 18.5 Å². The molecule has 3 heterocycles. The average molecular weight is 335 g/mol. The molecule has 0 aliphatic carbocycles. The van der Waals surface area contributed by atoms with Gasteiger partial charge in [0.2, 0.25) is 5.91 Å². The summed E-state index contributed by atoms with van der Waals surface area (Å²) in [5.41, 5.74) is 0. The van der Waals surface area contributed by atoms with E-state index in [2.05, 4.69) is 5.10 Å². The Balaban J connectivity index is 1.37. The minimum absolute atomic E-state index is 0.0446. The summed E-state index contributed by atoms with van der Waals surface area (Å²) < 4.78 is 7.49. The lowest BCUT2D eigenvalue weighted by Gasteiger charge is -2.34. The number of carboxylic acids is 1. The van der Waals surface area contributed by atoms with Gasteiger partial charge in [0.05, 0.1) is 6.10 Å². The standard InChI is InChI=1S/C17H25N3O4/c21-16(3-1-9-20-10-2-8-18-20)19-11-6-13(7-12-19)14-4-5-15(24-14)17(22)23/h2,8,10,13-15H,1,3-7,9,11-12H2,(H,22,23)/t14-,15+/m0/s1. The first-order chi connectivity index (χ1) is 11.6. The van der Waals surface area contributed by atoms with Crippen LogP contribution >= 0.6 is 0 Å². The SMILES string of the molecule is O=C(O)[C@H]1CC[C@@H](C2CCN(C(=O)CCCn3cccn3)CC2)O1. The lowest BCUT2D eigenvalue weighted by atomic mass is 9.89. The molecular formula is C17H25N3O4. The van der Waals surface area contributed by atoms with Gasteiger partial charge in [-0.15, -0.1) is 0 Å². The second kappa shape index (κ2) is 7.79. The molecule has 0 spiro atoms. The maximum atomic E-state index is 12.3. The Morgan fingerprint density at radius 2 is 2.00 bits per heavy atom. The molecule has 2 aliphatic heterocycles. The van der Waals surface area contributed by atoms with E-state index in [0.29, 0.717) is 18.8 Å². The molecule has 1 aromatic rings. The topological polar surface area (TPSA) is 84.7 Å². The molecule has 3 rings (SSSR count). The second-order valence-electron chi connectivity index (χ2n) is 6.67. The van der Waals surface area contributed by atoms with Crippen molar-refractivity contribution in [3.63, 3.8) is 0 Å². The van der Waals surface area contributed by atoms with Gasteiger partial charge in [-0.25, -0.2) is 4.79 Å². The number of carbonyl (C=O) groups excluding carboxylic acids is 1. The molecule has 7 heteroatoms. The highest BCUT2D eigenvalue weighted by Crippen LogP contribution is 2.32. The van der Waals surface area contributed by atoms with Crippen LogP contribution in [-0.4, -0.2) is 57.0 Å². The zero-order valence-electron chi connectivity index (χ0n) is 13.8. The van der Waals surface area contributed by atoms with Gasteiger partial charge in [-0.1, -0.05) is 0 Å². The van der Waals surface area contributed by atoms with Crippen LogP contribution in [0.25, 0.3) is 0 Å². The lowest BCUT2D eigenvalue weighted by Crippen LogP contribution is -2.41. The third-order valence-corrected chi connectivity index (χ3v) is 5.08. The first kappa shape index (κ1) is 17.0. The highest BCUT2D eigenvalue weighted by atomic mass is 16.5. The molecule has 2 saturated heterocycles. The van der Waals surface area contributed by atoms with Crippen molar-refractivity contribution in [2.45, 2.75) is 57.3 Å². The van der Waals surface area contributed by atoms with Gasteiger partial charge in [-0.3, -0.25) is 9.48 Å². The van der Waals surface area contributed by atoms with E-state index in [0.717, 1.165) is 45.3 Å². The van der Waals surface area contributed by atoms with Gasteiger partial charge in [0.25, 0.3) is 0 Å². The molecule has 2 atom stereocenters. The summed E-state index contributed by atoms with van der Waals surface area (Å²) in [6.07, 6.45) is 7.63. The van der Waals surface area contributed by atoms with Gasteiger partial charge in [-0.2, -0.15) is 5.10 Å². The van der Waals surface area contributed by atoms with Crippen LogP contribution in [-0.2, 0) is 20.9 Å². The number of rotatable bonds is 6. The van der Waals surface area contributed by atoms with Crippen LogP contribution in [0.3, 0.4) is 0 Å². The van der Waals surface area contributed by atoms with Gasteiger partial charge >= 0.3 is 5.97 Å². The van der Waals surface area contributed by atoms with E-state index in [1.165, 1.54) is 0 Å². The number of aryl methyl sites for hydroxylation is 1. The minimum atomic E-state index is -0.859. The number of carbonyl (C=O) groups is 2. The van der Waals surface area contributed by atoms with Crippen molar-refractivity contribution in [2.24, 2.45) is 5.92 Å². The van der Waals surface area contributed by atoms with Crippen LogP contribution in [0.5, 0.6) is 0 Å². The fourth-order valence-electron chi connectivity index (χ4n) is 3.69.